The number of allylic oxidation sites excluding steroid dienone is 1. The van der Waals surface area contributed by atoms with Gasteiger partial charge in [0.15, 0.2) is 5.84 Å². The van der Waals surface area contributed by atoms with E-state index in [0.717, 1.165) is 16.9 Å². The monoisotopic (exact) mass is 271 g/mol. The fraction of sp³-hybridized carbons (Fsp3) is 0. The molecule has 5 nitrogen and oxygen atoms in total. The number of thiazole rings is 1. The van der Waals surface area contributed by atoms with E-state index in [1.807, 2.05) is 30.3 Å². The lowest BCUT2D eigenvalue weighted by Crippen LogP contribution is -1.91. The van der Waals surface area contributed by atoms with Crippen LogP contribution in [-0.4, -0.2) is 22.1 Å². The van der Waals surface area contributed by atoms with Crippen molar-refractivity contribution in [3.05, 3.63) is 56.1 Å². The lowest BCUT2D eigenvalue weighted by molar-refractivity contribution is 0.455. The fourth-order valence-corrected chi connectivity index (χ4v) is 2.34. The Balaban J connectivity index is 1.94. The van der Waals surface area contributed by atoms with E-state index in [2.05, 4.69) is 15.0 Å². The summed E-state index contributed by atoms with van der Waals surface area (Å²) in [4.78, 5) is 22.1. The summed E-state index contributed by atoms with van der Waals surface area (Å²) >= 11 is 0.930. The summed E-state index contributed by atoms with van der Waals surface area (Å²) in [7, 11) is 0. The molecule has 0 saturated heterocycles. The molecule has 2 aromatic rings. The van der Waals surface area contributed by atoms with Crippen molar-refractivity contribution in [3.63, 3.8) is 0 Å². The molecule has 2 N–H and O–H groups in total. The van der Waals surface area contributed by atoms with Crippen LogP contribution < -0.4 is 4.87 Å². The van der Waals surface area contributed by atoms with Crippen molar-refractivity contribution in [1.82, 2.24) is 4.98 Å². The number of hydrogen-bond donors (Lipinski definition) is 2. The lowest BCUT2D eigenvalue weighted by atomic mass is 10.2. The third-order valence-corrected chi connectivity index (χ3v) is 3.34. The SMILES string of the molecule is O=c1[nH]c(O)c(/C=C2/C=NC(c3ccccc3)=N2)s1. The maximum absolute atomic E-state index is 11.1. The van der Waals surface area contributed by atoms with Crippen LogP contribution in [0.25, 0.3) is 6.08 Å². The minimum absolute atomic E-state index is 0.140. The predicted octanol–water partition coefficient (Wildman–Crippen LogP) is 2.01. The maximum Gasteiger partial charge on any atom is 0.307 e. The molecule has 0 unspecified atom stereocenters. The number of aromatic nitrogens is 1. The van der Waals surface area contributed by atoms with E-state index in [0.29, 0.717) is 16.4 Å². The molecule has 0 atom stereocenters. The van der Waals surface area contributed by atoms with Crippen LogP contribution in [0, 0.1) is 0 Å². The summed E-state index contributed by atoms with van der Waals surface area (Å²) in [5.41, 5.74) is 1.53. The first-order valence-electron chi connectivity index (χ1n) is 5.54. The number of nitrogens with zero attached hydrogens (tertiary/aromatic N) is 2. The van der Waals surface area contributed by atoms with Gasteiger partial charge in [0.2, 0.25) is 5.88 Å². The minimum atomic E-state index is -0.299. The summed E-state index contributed by atoms with van der Waals surface area (Å²) < 4.78 is 0. The number of H-pyrrole nitrogens is 1. The van der Waals surface area contributed by atoms with Crippen molar-refractivity contribution in [2.75, 3.05) is 0 Å². The van der Waals surface area contributed by atoms with E-state index >= 15 is 0 Å². The molecule has 0 fully saturated rings. The third-order valence-electron chi connectivity index (χ3n) is 2.52. The molecule has 0 saturated carbocycles. The molecule has 0 bridgehead atoms. The molecule has 3 rings (SSSR count). The number of aromatic amines is 1. The minimum Gasteiger partial charge on any atom is -0.493 e. The number of rotatable bonds is 2. The van der Waals surface area contributed by atoms with Gasteiger partial charge in [-0.15, -0.1) is 0 Å². The molecule has 0 aliphatic carbocycles. The van der Waals surface area contributed by atoms with E-state index in [9.17, 15) is 9.90 Å². The Morgan fingerprint density at radius 3 is 2.74 bits per heavy atom. The van der Waals surface area contributed by atoms with Crippen molar-refractivity contribution in [2.24, 2.45) is 9.98 Å². The molecular weight excluding hydrogens is 262 g/mol. The summed E-state index contributed by atoms with van der Waals surface area (Å²) in [6.45, 7) is 0. The van der Waals surface area contributed by atoms with Crippen LogP contribution in [0.4, 0.5) is 0 Å². The molecule has 94 valence electrons. The van der Waals surface area contributed by atoms with Crippen molar-refractivity contribution in [2.45, 2.75) is 0 Å². The highest BCUT2D eigenvalue weighted by Crippen LogP contribution is 2.21. The largest absolute Gasteiger partial charge is 0.493 e. The van der Waals surface area contributed by atoms with Gasteiger partial charge in [-0.25, -0.2) is 9.98 Å². The van der Waals surface area contributed by atoms with Gasteiger partial charge in [0.1, 0.15) is 0 Å². The topological polar surface area (TPSA) is 77.8 Å². The molecule has 6 heteroatoms. The fourth-order valence-electron chi connectivity index (χ4n) is 1.67. The first-order valence-corrected chi connectivity index (χ1v) is 6.36. The highest BCUT2D eigenvalue weighted by molar-refractivity contribution is 7.10. The average molecular weight is 271 g/mol. The summed E-state index contributed by atoms with van der Waals surface area (Å²) in [5.74, 6) is 0.480. The second-order valence-electron chi connectivity index (χ2n) is 3.86. The third kappa shape index (κ3) is 2.38. The van der Waals surface area contributed by atoms with Crippen LogP contribution >= 0.6 is 11.3 Å². The second kappa shape index (κ2) is 4.66. The van der Waals surface area contributed by atoms with E-state index in [1.165, 1.54) is 0 Å². The Labute approximate surface area is 112 Å². The zero-order valence-corrected chi connectivity index (χ0v) is 10.5. The highest BCUT2D eigenvalue weighted by Gasteiger charge is 2.10. The number of hydrogen-bond acceptors (Lipinski definition) is 5. The van der Waals surface area contributed by atoms with Gasteiger partial charge in [-0.1, -0.05) is 41.7 Å². The number of benzene rings is 1. The van der Waals surface area contributed by atoms with Crippen LogP contribution in [0.2, 0.25) is 0 Å². The Morgan fingerprint density at radius 1 is 1.26 bits per heavy atom. The van der Waals surface area contributed by atoms with Gasteiger partial charge in [0.25, 0.3) is 0 Å². The summed E-state index contributed by atoms with van der Waals surface area (Å²) in [6, 6.07) is 9.60. The summed E-state index contributed by atoms with van der Waals surface area (Å²) in [6.07, 6.45) is 3.23. The molecule has 1 aromatic carbocycles. The Kier molecular flexibility index (Phi) is 2.85. The van der Waals surface area contributed by atoms with Gasteiger partial charge >= 0.3 is 4.87 Å². The van der Waals surface area contributed by atoms with E-state index in [4.69, 9.17) is 0 Å². The molecule has 0 spiro atoms. The van der Waals surface area contributed by atoms with Crippen molar-refractivity contribution in [1.29, 1.82) is 0 Å². The van der Waals surface area contributed by atoms with Gasteiger partial charge < -0.3 is 5.11 Å². The molecule has 0 radical (unpaired) electrons. The first-order chi connectivity index (χ1) is 9.22. The normalized spacial score (nSPS) is 16.0. The molecule has 1 aliphatic rings. The average Bonchev–Trinajstić information content (AvgIpc) is 2.99. The van der Waals surface area contributed by atoms with Crippen LogP contribution in [0.1, 0.15) is 10.4 Å². The number of nitrogens with one attached hydrogen (secondary N) is 1. The van der Waals surface area contributed by atoms with Crippen molar-refractivity contribution in [3.8, 4) is 5.88 Å². The summed E-state index contributed by atoms with van der Waals surface area (Å²) in [5, 5.41) is 9.49. The van der Waals surface area contributed by atoms with Gasteiger partial charge in [0, 0.05) is 5.56 Å². The zero-order valence-electron chi connectivity index (χ0n) is 9.70. The van der Waals surface area contributed by atoms with E-state index in [1.54, 1.807) is 12.3 Å². The van der Waals surface area contributed by atoms with E-state index < -0.39 is 0 Å². The zero-order chi connectivity index (χ0) is 13.2. The van der Waals surface area contributed by atoms with Crippen molar-refractivity contribution >= 4 is 29.5 Å². The number of amidine groups is 1. The van der Waals surface area contributed by atoms with Gasteiger partial charge in [-0.05, 0) is 6.08 Å². The van der Waals surface area contributed by atoms with Crippen LogP contribution in [0.5, 0.6) is 5.88 Å². The van der Waals surface area contributed by atoms with Gasteiger partial charge in [0.05, 0.1) is 16.8 Å². The predicted molar refractivity (Wildman–Crippen MR) is 76.1 cm³/mol. The van der Waals surface area contributed by atoms with Gasteiger partial charge in [-0.2, -0.15) is 0 Å². The van der Waals surface area contributed by atoms with Crippen LogP contribution in [0.15, 0.2) is 50.8 Å². The molecule has 1 aromatic heterocycles. The molecule has 0 amide bonds. The Bertz CT molecular complexity index is 754. The highest BCUT2D eigenvalue weighted by atomic mass is 32.1. The first kappa shape index (κ1) is 11.6. The Hall–Kier alpha value is -2.47. The van der Waals surface area contributed by atoms with Crippen LogP contribution in [-0.2, 0) is 0 Å². The lowest BCUT2D eigenvalue weighted by Gasteiger charge is -1.94. The number of aliphatic imine (C=N–C) groups is 2. The Morgan fingerprint density at radius 2 is 2.05 bits per heavy atom. The molecule has 19 heavy (non-hydrogen) atoms. The molecule has 1 aliphatic heterocycles. The van der Waals surface area contributed by atoms with Gasteiger partial charge in [-0.3, -0.25) is 9.78 Å². The van der Waals surface area contributed by atoms with Crippen molar-refractivity contribution < 1.29 is 5.11 Å². The maximum atomic E-state index is 11.1. The smallest absolute Gasteiger partial charge is 0.307 e. The number of aromatic hydroxyl groups is 1. The molecule has 2 heterocycles. The molecular formula is C13H9N3O2S. The van der Waals surface area contributed by atoms with Crippen LogP contribution in [0.3, 0.4) is 0 Å². The van der Waals surface area contributed by atoms with E-state index in [-0.39, 0.29) is 10.8 Å². The second-order valence-corrected chi connectivity index (χ2v) is 4.87. The quantitative estimate of drug-likeness (QED) is 0.876. The standard InChI is InChI=1S/C13H9N3O2S/c17-12-10(19-13(18)16-12)6-9-7-14-11(15-9)8-4-2-1-3-5-8/h1-7,17H,(H,16,18)/b9-6-.